The highest BCUT2D eigenvalue weighted by atomic mass is 14.7. The predicted molar refractivity (Wildman–Crippen MR) is 120 cm³/mol. The highest BCUT2D eigenvalue weighted by Crippen LogP contribution is 2.43. The van der Waals surface area contributed by atoms with Crippen LogP contribution in [0.2, 0.25) is 0 Å². The lowest BCUT2D eigenvalue weighted by Gasteiger charge is -2.05. The Morgan fingerprint density at radius 3 is 1.96 bits per heavy atom. The number of nitrogens with one attached hydrogen (secondary N) is 2. The molecular formula is C26H16N2. The maximum absolute atomic E-state index is 3.76. The van der Waals surface area contributed by atoms with Gasteiger partial charge >= 0.3 is 0 Å². The van der Waals surface area contributed by atoms with E-state index in [9.17, 15) is 0 Å². The lowest BCUT2D eigenvalue weighted by molar-refractivity contribution is 1.56. The molecule has 0 aliphatic heterocycles. The minimum absolute atomic E-state index is 1.18. The second-order valence-corrected chi connectivity index (χ2v) is 7.55. The van der Waals surface area contributed by atoms with E-state index in [0.717, 1.165) is 0 Å². The molecule has 7 aromatic rings. The molecule has 0 fully saturated rings. The molecule has 0 bridgehead atoms. The number of aromatic amines is 2. The van der Waals surface area contributed by atoms with Crippen LogP contribution in [0.25, 0.3) is 65.2 Å². The first-order valence-electron chi connectivity index (χ1n) is 9.64. The van der Waals surface area contributed by atoms with Crippen molar-refractivity contribution in [3.05, 3.63) is 84.9 Å². The highest BCUT2D eigenvalue weighted by Gasteiger charge is 2.18. The van der Waals surface area contributed by atoms with Crippen LogP contribution in [0.4, 0.5) is 0 Å². The number of aromatic nitrogens is 2. The summed E-state index contributed by atoms with van der Waals surface area (Å²) in [5, 5.41) is 10.3. The first-order chi connectivity index (χ1) is 13.9. The zero-order valence-corrected chi connectivity index (χ0v) is 15.1. The van der Waals surface area contributed by atoms with Gasteiger partial charge in [0.15, 0.2) is 0 Å². The van der Waals surface area contributed by atoms with Crippen molar-refractivity contribution in [2.24, 2.45) is 0 Å². The van der Waals surface area contributed by atoms with Gasteiger partial charge in [-0.1, -0.05) is 72.8 Å². The summed E-state index contributed by atoms with van der Waals surface area (Å²) in [7, 11) is 0. The number of benzene rings is 5. The van der Waals surface area contributed by atoms with Crippen molar-refractivity contribution < 1.29 is 0 Å². The fourth-order valence-electron chi connectivity index (χ4n) is 4.95. The topological polar surface area (TPSA) is 31.6 Å². The van der Waals surface area contributed by atoms with Crippen LogP contribution < -0.4 is 0 Å². The van der Waals surface area contributed by atoms with Crippen molar-refractivity contribution in [2.45, 2.75) is 0 Å². The Morgan fingerprint density at radius 1 is 0.393 bits per heavy atom. The van der Waals surface area contributed by atoms with Gasteiger partial charge in [0.1, 0.15) is 0 Å². The maximum atomic E-state index is 3.76. The van der Waals surface area contributed by atoms with Gasteiger partial charge in [0.05, 0.1) is 11.0 Å². The third-order valence-electron chi connectivity index (χ3n) is 6.11. The quantitative estimate of drug-likeness (QED) is 0.286. The van der Waals surface area contributed by atoms with Crippen molar-refractivity contribution >= 4 is 65.2 Å². The minimum Gasteiger partial charge on any atom is -0.354 e. The van der Waals surface area contributed by atoms with Gasteiger partial charge in [0.25, 0.3) is 0 Å². The van der Waals surface area contributed by atoms with Gasteiger partial charge in [-0.2, -0.15) is 0 Å². The molecule has 7 rings (SSSR count). The second-order valence-electron chi connectivity index (χ2n) is 7.55. The molecule has 2 heterocycles. The lowest BCUT2D eigenvalue weighted by Crippen LogP contribution is -1.80. The number of fused-ring (bicyclic) bond motifs is 12. The highest BCUT2D eigenvalue weighted by molar-refractivity contribution is 6.38. The molecule has 2 heteroatoms. The molecule has 0 saturated carbocycles. The van der Waals surface area contributed by atoms with Crippen LogP contribution in [-0.2, 0) is 0 Å². The van der Waals surface area contributed by atoms with Crippen molar-refractivity contribution in [3.8, 4) is 0 Å². The summed E-state index contributed by atoms with van der Waals surface area (Å²) in [5.41, 5.74) is 4.80. The van der Waals surface area contributed by atoms with Gasteiger partial charge in [-0.25, -0.2) is 0 Å². The predicted octanol–water partition coefficient (Wildman–Crippen LogP) is 7.26. The largest absolute Gasteiger partial charge is 0.354 e. The molecular weight excluding hydrogens is 340 g/mol. The third-order valence-corrected chi connectivity index (χ3v) is 6.11. The van der Waals surface area contributed by atoms with Crippen molar-refractivity contribution in [1.29, 1.82) is 0 Å². The molecule has 5 aromatic carbocycles. The van der Waals surface area contributed by atoms with Crippen molar-refractivity contribution in [2.75, 3.05) is 0 Å². The second kappa shape index (κ2) is 4.93. The van der Waals surface area contributed by atoms with Crippen LogP contribution in [0.1, 0.15) is 0 Å². The number of rotatable bonds is 0. The normalized spacial score (nSPS) is 12.3. The zero-order chi connectivity index (χ0) is 18.2. The Kier molecular flexibility index (Phi) is 2.52. The molecule has 130 valence electrons. The summed E-state index contributed by atoms with van der Waals surface area (Å²) in [6, 6.07) is 30.4. The molecule has 2 N–H and O–H groups in total. The van der Waals surface area contributed by atoms with E-state index in [4.69, 9.17) is 0 Å². The SMILES string of the molecule is c1ccc2c(c1)ccc1[nH]c3c4c5ccccc5[nH]c4c4ccccc4c3c12. The Balaban J connectivity index is 1.92. The molecule has 2 nitrogen and oxygen atoms in total. The molecule has 0 unspecified atom stereocenters. The van der Waals surface area contributed by atoms with Crippen LogP contribution in [-0.4, -0.2) is 9.97 Å². The summed E-state index contributed by atoms with van der Waals surface area (Å²) in [6.07, 6.45) is 0. The zero-order valence-electron chi connectivity index (χ0n) is 15.1. The van der Waals surface area contributed by atoms with E-state index in [2.05, 4.69) is 94.9 Å². The molecule has 0 saturated heterocycles. The van der Waals surface area contributed by atoms with Gasteiger partial charge in [-0.3, -0.25) is 0 Å². The molecule has 0 amide bonds. The summed E-state index contributed by atoms with van der Waals surface area (Å²) in [6.45, 7) is 0. The molecule has 0 spiro atoms. The molecule has 28 heavy (non-hydrogen) atoms. The average Bonchev–Trinajstić information content (AvgIpc) is 3.33. The monoisotopic (exact) mass is 356 g/mol. The first-order valence-corrected chi connectivity index (χ1v) is 9.64. The van der Waals surface area contributed by atoms with E-state index in [1.54, 1.807) is 0 Å². The van der Waals surface area contributed by atoms with Gasteiger partial charge < -0.3 is 9.97 Å². The van der Waals surface area contributed by atoms with Crippen molar-refractivity contribution in [3.63, 3.8) is 0 Å². The standard InChI is InChI=1S/C26H16N2/c1-2-8-16-15(7-1)13-14-21-22(16)23-17-9-3-4-10-18(17)25-24(26(23)28-21)19-11-5-6-12-20(19)27-25/h1-14,27-28H. The van der Waals surface area contributed by atoms with E-state index < -0.39 is 0 Å². The Bertz CT molecular complexity index is 1710. The Morgan fingerprint density at radius 2 is 1.07 bits per heavy atom. The Hall–Kier alpha value is -3.78. The number of H-pyrrole nitrogens is 2. The smallest absolute Gasteiger partial charge is 0.0573 e. The molecule has 0 radical (unpaired) electrons. The molecule has 0 atom stereocenters. The number of hydrogen-bond acceptors (Lipinski definition) is 0. The molecule has 0 aliphatic rings. The minimum atomic E-state index is 1.18. The fraction of sp³-hybridized carbons (Fsp3) is 0. The van der Waals surface area contributed by atoms with Gasteiger partial charge in [0.2, 0.25) is 0 Å². The summed E-state index contributed by atoms with van der Waals surface area (Å²) < 4.78 is 0. The van der Waals surface area contributed by atoms with E-state index in [1.165, 1.54) is 65.2 Å². The molecule has 2 aromatic heterocycles. The number of hydrogen-bond donors (Lipinski definition) is 2. The van der Waals surface area contributed by atoms with Gasteiger partial charge in [0, 0.05) is 38.0 Å². The van der Waals surface area contributed by atoms with Crippen molar-refractivity contribution in [1.82, 2.24) is 9.97 Å². The third kappa shape index (κ3) is 1.64. The van der Waals surface area contributed by atoms with Crippen LogP contribution in [0, 0.1) is 0 Å². The molecule has 0 aliphatic carbocycles. The fourth-order valence-corrected chi connectivity index (χ4v) is 4.95. The van der Waals surface area contributed by atoms with Crippen LogP contribution in [0.5, 0.6) is 0 Å². The lowest BCUT2D eigenvalue weighted by atomic mass is 9.97. The maximum Gasteiger partial charge on any atom is 0.0573 e. The van der Waals surface area contributed by atoms with E-state index >= 15 is 0 Å². The van der Waals surface area contributed by atoms with Gasteiger partial charge in [-0.05, 0) is 28.3 Å². The van der Waals surface area contributed by atoms with E-state index in [-0.39, 0.29) is 0 Å². The van der Waals surface area contributed by atoms with Crippen LogP contribution in [0.3, 0.4) is 0 Å². The summed E-state index contributed by atoms with van der Waals surface area (Å²) in [5.74, 6) is 0. The van der Waals surface area contributed by atoms with Crippen LogP contribution in [0.15, 0.2) is 84.9 Å². The summed E-state index contributed by atoms with van der Waals surface area (Å²) >= 11 is 0. The Labute approximate surface area is 160 Å². The van der Waals surface area contributed by atoms with E-state index in [1.807, 2.05) is 0 Å². The van der Waals surface area contributed by atoms with E-state index in [0.29, 0.717) is 0 Å². The van der Waals surface area contributed by atoms with Crippen LogP contribution >= 0.6 is 0 Å². The number of para-hydroxylation sites is 1. The van der Waals surface area contributed by atoms with Gasteiger partial charge in [-0.15, -0.1) is 0 Å². The first kappa shape index (κ1) is 14.3. The summed E-state index contributed by atoms with van der Waals surface area (Å²) in [4.78, 5) is 7.44. The average molecular weight is 356 g/mol.